The van der Waals surface area contributed by atoms with E-state index in [0.717, 1.165) is 48.5 Å². The third-order valence-electron chi connectivity index (χ3n) is 5.01. The largest absolute Gasteiger partial charge is 0.487 e. The first kappa shape index (κ1) is 22.0. The van der Waals surface area contributed by atoms with E-state index in [2.05, 4.69) is 32.7 Å². The van der Waals surface area contributed by atoms with Gasteiger partial charge in [-0.2, -0.15) is 0 Å². The zero-order valence-corrected chi connectivity index (χ0v) is 18.1. The Kier molecular flexibility index (Phi) is 7.62. The minimum Gasteiger partial charge on any atom is -0.487 e. The molecule has 0 aliphatic carbocycles. The number of carbonyl (C=O) groups is 1. The van der Waals surface area contributed by atoms with Crippen LogP contribution in [-0.2, 0) is 24.4 Å². The first-order chi connectivity index (χ1) is 16.3. The molecular weight excluding hydrogens is 418 g/mol. The van der Waals surface area contributed by atoms with Crippen molar-refractivity contribution in [2.45, 2.75) is 32.4 Å². The topological polar surface area (TPSA) is 95.1 Å². The van der Waals surface area contributed by atoms with E-state index in [9.17, 15) is 4.79 Å². The highest BCUT2D eigenvalue weighted by atomic mass is 16.5. The molecule has 168 valence electrons. The number of unbranched alkanes of at least 4 members (excludes halogenated alkanes) is 1. The number of rotatable bonds is 12. The molecule has 4 rings (SSSR count). The predicted molar refractivity (Wildman–Crippen MR) is 125 cm³/mol. The Bertz CT molecular complexity index is 1150. The number of nitrogens with zero attached hydrogens (tertiary/aromatic N) is 4. The van der Waals surface area contributed by atoms with Gasteiger partial charge in [0.1, 0.15) is 24.3 Å². The molecular formula is C25H25N5O3. The van der Waals surface area contributed by atoms with Gasteiger partial charge in [0.05, 0.1) is 6.20 Å². The number of aryl methyl sites for hydroxylation is 2. The van der Waals surface area contributed by atoms with E-state index in [1.54, 1.807) is 18.5 Å². The molecule has 4 aromatic rings. The summed E-state index contributed by atoms with van der Waals surface area (Å²) in [6.07, 6.45) is 12.7. The molecule has 8 heteroatoms. The number of anilines is 1. The number of carbonyl (C=O) groups excluding carboxylic acids is 1. The summed E-state index contributed by atoms with van der Waals surface area (Å²) in [4.78, 5) is 14.9. The Morgan fingerprint density at radius 1 is 1.03 bits per heavy atom. The van der Waals surface area contributed by atoms with Crippen molar-refractivity contribution in [1.82, 2.24) is 20.0 Å². The van der Waals surface area contributed by atoms with Gasteiger partial charge < -0.3 is 14.5 Å². The fourth-order valence-electron chi connectivity index (χ4n) is 3.26. The summed E-state index contributed by atoms with van der Waals surface area (Å²) in [6, 6.07) is 15.6. The molecule has 0 bridgehead atoms. The van der Waals surface area contributed by atoms with Gasteiger partial charge in [0, 0.05) is 24.5 Å². The van der Waals surface area contributed by atoms with E-state index >= 15 is 0 Å². The lowest BCUT2D eigenvalue weighted by Gasteiger charge is -2.06. The van der Waals surface area contributed by atoms with Crippen LogP contribution in [0.4, 0.5) is 5.69 Å². The second-order valence-electron chi connectivity index (χ2n) is 7.45. The molecule has 0 aliphatic rings. The normalized spacial score (nSPS) is 11.0. The smallest absolute Gasteiger partial charge is 0.218 e. The summed E-state index contributed by atoms with van der Waals surface area (Å²) in [7, 11) is 0. The lowest BCUT2D eigenvalue weighted by molar-refractivity contribution is -0.105. The molecule has 0 unspecified atom stereocenters. The Balaban J connectivity index is 1.20. The Morgan fingerprint density at radius 3 is 2.64 bits per heavy atom. The van der Waals surface area contributed by atoms with Crippen molar-refractivity contribution in [3.63, 3.8) is 0 Å². The molecule has 0 spiro atoms. The molecule has 0 aliphatic heterocycles. The van der Waals surface area contributed by atoms with Gasteiger partial charge in [-0.05, 0) is 60.7 Å². The molecule has 2 aromatic carbocycles. The number of nitrogens with one attached hydrogen (secondary N) is 1. The maximum atomic E-state index is 10.5. The van der Waals surface area contributed by atoms with Crippen molar-refractivity contribution in [2.24, 2.45) is 0 Å². The predicted octanol–water partition coefficient (Wildman–Crippen LogP) is 4.61. The fraction of sp³-hybridized carbons (Fsp3) is 0.200. The lowest BCUT2D eigenvalue weighted by atomic mass is 10.1. The van der Waals surface area contributed by atoms with Crippen LogP contribution >= 0.6 is 0 Å². The van der Waals surface area contributed by atoms with Crippen molar-refractivity contribution >= 4 is 24.2 Å². The van der Waals surface area contributed by atoms with E-state index in [0.29, 0.717) is 18.9 Å². The number of hydrogen-bond acceptors (Lipinski definition) is 6. The van der Waals surface area contributed by atoms with Gasteiger partial charge in [-0.3, -0.25) is 9.48 Å². The van der Waals surface area contributed by atoms with Gasteiger partial charge >= 0.3 is 0 Å². The second-order valence-corrected chi connectivity index (χ2v) is 7.45. The zero-order chi connectivity index (χ0) is 22.7. The Hall–Kier alpha value is -4.20. The minimum absolute atomic E-state index is 0.334. The Morgan fingerprint density at radius 2 is 1.88 bits per heavy atom. The molecule has 0 atom stereocenters. The molecule has 0 saturated heterocycles. The molecule has 2 heterocycles. The number of hydrogen-bond donors (Lipinski definition) is 1. The van der Waals surface area contributed by atoms with Crippen LogP contribution in [0.2, 0.25) is 0 Å². The van der Waals surface area contributed by atoms with E-state index in [1.165, 1.54) is 5.56 Å². The van der Waals surface area contributed by atoms with Crippen molar-refractivity contribution < 1.29 is 13.9 Å². The third kappa shape index (κ3) is 6.90. The van der Waals surface area contributed by atoms with E-state index in [-0.39, 0.29) is 0 Å². The SMILES string of the molecule is O=CNc1ccc(/C=C/c2nc(COc3ccc(CCCCn4ccnn4)cc3)co2)cc1. The lowest BCUT2D eigenvalue weighted by Crippen LogP contribution is -1.99. The van der Waals surface area contributed by atoms with E-state index in [1.807, 2.05) is 53.4 Å². The van der Waals surface area contributed by atoms with Crippen LogP contribution in [0.3, 0.4) is 0 Å². The summed E-state index contributed by atoms with van der Waals surface area (Å²) < 4.78 is 13.2. The molecule has 1 N–H and O–H groups in total. The highest BCUT2D eigenvalue weighted by Crippen LogP contribution is 2.17. The number of benzene rings is 2. The van der Waals surface area contributed by atoms with Crippen molar-refractivity contribution in [3.8, 4) is 5.75 Å². The second kappa shape index (κ2) is 11.4. The van der Waals surface area contributed by atoms with Crippen LogP contribution in [0.25, 0.3) is 12.2 Å². The minimum atomic E-state index is 0.334. The average molecular weight is 444 g/mol. The van der Waals surface area contributed by atoms with Gasteiger partial charge in [-0.1, -0.05) is 29.5 Å². The summed E-state index contributed by atoms with van der Waals surface area (Å²) >= 11 is 0. The number of amides is 1. The van der Waals surface area contributed by atoms with Crippen LogP contribution in [0, 0.1) is 0 Å². The maximum Gasteiger partial charge on any atom is 0.218 e. The molecule has 8 nitrogen and oxygen atoms in total. The highest BCUT2D eigenvalue weighted by Gasteiger charge is 2.03. The maximum absolute atomic E-state index is 10.5. The van der Waals surface area contributed by atoms with Gasteiger partial charge in [0.25, 0.3) is 0 Å². The standard InChI is InChI=1S/C25H25N5O3/c31-19-26-22-9-4-21(5-10-22)8-13-25-28-23(18-33-25)17-32-24-11-6-20(7-12-24)3-1-2-15-30-16-14-27-29-30/h4-14,16,18-19H,1-3,15,17H2,(H,26,31)/b13-8+. The Labute approximate surface area is 191 Å². The molecule has 33 heavy (non-hydrogen) atoms. The molecule has 0 radical (unpaired) electrons. The summed E-state index contributed by atoms with van der Waals surface area (Å²) in [6.45, 7) is 1.22. The van der Waals surface area contributed by atoms with Gasteiger partial charge in [0.15, 0.2) is 0 Å². The molecule has 0 fully saturated rings. The van der Waals surface area contributed by atoms with Gasteiger partial charge in [0.2, 0.25) is 12.3 Å². The third-order valence-corrected chi connectivity index (χ3v) is 5.01. The number of ether oxygens (including phenoxy) is 1. The van der Waals surface area contributed by atoms with Crippen LogP contribution in [0.15, 0.2) is 71.6 Å². The first-order valence-corrected chi connectivity index (χ1v) is 10.8. The van der Waals surface area contributed by atoms with E-state index in [4.69, 9.17) is 9.15 Å². The molecule has 1 amide bonds. The average Bonchev–Trinajstić information content (AvgIpc) is 3.53. The highest BCUT2D eigenvalue weighted by molar-refractivity contribution is 5.73. The first-order valence-electron chi connectivity index (χ1n) is 10.8. The van der Waals surface area contributed by atoms with Crippen LogP contribution in [-0.4, -0.2) is 26.4 Å². The van der Waals surface area contributed by atoms with Crippen LogP contribution < -0.4 is 10.1 Å². The number of aromatic nitrogens is 4. The van der Waals surface area contributed by atoms with Crippen molar-refractivity contribution in [1.29, 1.82) is 0 Å². The van der Waals surface area contributed by atoms with Gasteiger partial charge in [-0.15, -0.1) is 5.10 Å². The van der Waals surface area contributed by atoms with E-state index < -0.39 is 0 Å². The quantitative estimate of drug-likeness (QED) is 0.254. The van der Waals surface area contributed by atoms with Crippen LogP contribution in [0.5, 0.6) is 5.75 Å². The summed E-state index contributed by atoms with van der Waals surface area (Å²) in [5, 5.41) is 10.4. The monoisotopic (exact) mass is 443 g/mol. The van der Waals surface area contributed by atoms with Crippen molar-refractivity contribution in [2.75, 3.05) is 5.32 Å². The summed E-state index contributed by atoms with van der Waals surface area (Å²) in [5.74, 6) is 1.30. The van der Waals surface area contributed by atoms with Gasteiger partial charge in [-0.25, -0.2) is 4.98 Å². The number of oxazole rings is 1. The zero-order valence-electron chi connectivity index (χ0n) is 18.1. The van der Waals surface area contributed by atoms with Crippen molar-refractivity contribution in [3.05, 3.63) is 89.9 Å². The molecule has 2 aromatic heterocycles. The fourth-order valence-corrected chi connectivity index (χ4v) is 3.26. The van der Waals surface area contributed by atoms with Crippen LogP contribution in [0.1, 0.15) is 35.6 Å². The summed E-state index contributed by atoms with van der Waals surface area (Å²) in [5.41, 5.74) is 3.72. The molecule has 0 saturated carbocycles.